The minimum Gasteiger partial charge on any atom is -0.493 e. The van der Waals surface area contributed by atoms with Crippen LogP contribution in [0.3, 0.4) is 0 Å². The van der Waals surface area contributed by atoms with Gasteiger partial charge in [-0.25, -0.2) is 4.98 Å². The third-order valence-electron chi connectivity index (χ3n) is 3.94. The predicted molar refractivity (Wildman–Crippen MR) is 91.0 cm³/mol. The maximum absolute atomic E-state index is 8.91. The van der Waals surface area contributed by atoms with E-state index >= 15 is 0 Å². The molecule has 3 rings (SSSR count). The van der Waals surface area contributed by atoms with E-state index in [1.807, 2.05) is 24.3 Å². The Bertz CT molecular complexity index is 907. The predicted octanol–water partition coefficient (Wildman–Crippen LogP) is 2.43. The average Bonchev–Trinajstić information content (AvgIpc) is 2.97. The zero-order valence-electron chi connectivity index (χ0n) is 13.6. The van der Waals surface area contributed by atoms with Crippen molar-refractivity contribution in [3.8, 4) is 17.6 Å². The maximum Gasteiger partial charge on any atom is 0.163 e. The number of imidazole rings is 1. The van der Waals surface area contributed by atoms with Crippen LogP contribution in [0.1, 0.15) is 17.0 Å². The molecule has 2 aromatic carbocycles. The number of rotatable bonds is 5. The number of hydrogen-bond donors (Lipinski definition) is 1. The van der Waals surface area contributed by atoms with Gasteiger partial charge < -0.3 is 19.8 Å². The molecule has 0 aliphatic carbocycles. The molecule has 0 spiro atoms. The first kappa shape index (κ1) is 15.8. The molecule has 24 heavy (non-hydrogen) atoms. The second-order valence-electron chi connectivity index (χ2n) is 5.32. The number of nitriles is 1. The number of benzene rings is 2. The van der Waals surface area contributed by atoms with Gasteiger partial charge in [-0.15, -0.1) is 0 Å². The third kappa shape index (κ3) is 2.77. The first-order chi connectivity index (χ1) is 11.7. The van der Waals surface area contributed by atoms with Crippen LogP contribution in [0.15, 0.2) is 36.4 Å². The molecule has 0 saturated carbocycles. The summed E-state index contributed by atoms with van der Waals surface area (Å²) in [6.07, 6.45) is 0. The van der Waals surface area contributed by atoms with Crippen LogP contribution in [-0.2, 0) is 13.1 Å². The molecule has 1 heterocycles. The van der Waals surface area contributed by atoms with Gasteiger partial charge in [0.05, 0.1) is 43.4 Å². The second-order valence-corrected chi connectivity index (χ2v) is 5.32. The van der Waals surface area contributed by atoms with Crippen molar-refractivity contribution in [2.24, 2.45) is 5.73 Å². The summed E-state index contributed by atoms with van der Waals surface area (Å²) in [6, 6.07) is 13.4. The van der Waals surface area contributed by atoms with Crippen molar-refractivity contribution in [1.29, 1.82) is 5.26 Å². The molecule has 0 fully saturated rings. The number of nitrogens with two attached hydrogens (primary N) is 1. The Hall–Kier alpha value is -3.04. The summed E-state index contributed by atoms with van der Waals surface area (Å²) in [6.45, 7) is 0.944. The van der Waals surface area contributed by atoms with E-state index in [9.17, 15) is 0 Å². The molecule has 0 radical (unpaired) electrons. The Morgan fingerprint density at radius 2 is 1.79 bits per heavy atom. The smallest absolute Gasteiger partial charge is 0.163 e. The van der Waals surface area contributed by atoms with E-state index in [1.54, 1.807) is 26.4 Å². The molecule has 0 unspecified atom stereocenters. The molecule has 0 atom stereocenters. The first-order valence-electron chi connectivity index (χ1n) is 7.50. The molecule has 6 heteroatoms. The largest absolute Gasteiger partial charge is 0.493 e. The van der Waals surface area contributed by atoms with Crippen LogP contribution in [0, 0.1) is 11.3 Å². The summed E-state index contributed by atoms with van der Waals surface area (Å²) in [5, 5.41) is 8.91. The molecule has 0 aliphatic heterocycles. The van der Waals surface area contributed by atoms with Gasteiger partial charge in [-0.2, -0.15) is 5.26 Å². The number of nitrogens with zero attached hydrogens (tertiary/aromatic N) is 3. The molecular formula is C18H18N4O2. The van der Waals surface area contributed by atoms with Gasteiger partial charge in [0.15, 0.2) is 11.5 Å². The molecule has 0 saturated heterocycles. The Kier molecular flexibility index (Phi) is 4.36. The summed E-state index contributed by atoms with van der Waals surface area (Å²) in [5.41, 5.74) is 9.31. The maximum atomic E-state index is 8.91. The Morgan fingerprint density at radius 3 is 2.38 bits per heavy atom. The van der Waals surface area contributed by atoms with Gasteiger partial charge in [-0.3, -0.25) is 0 Å². The number of methoxy groups -OCH3 is 2. The van der Waals surface area contributed by atoms with E-state index in [0.717, 1.165) is 22.4 Å². The van der Waals surface area contributed by atoms with Gasteiger partial charge in [0.2, 0.25) is 0 Å². The highest BCUT2D eigenvalue weighted by Gasteiger charge is 2.14. The van der Waals surface area contributed by atoms with E-state index in [1.165, 1.54) is 0 Å². The fourth-order valence-electron chi connectivity index (χ4n) is 2.70. The van der Waals surface area contributed by atoms with Crippen molar-refractivity contribution >= 4 is 11.0 Å². The third-order valence-corrected chi connectivity index (χ3v) is 3.94. The van der Waals surface area contributed by atoms with Gasteiger partial charge in [0, 0.05) is 18.7 Å². The quantitative estimate of drug-likeness (QED) is 0.779. The monoisotopic (exact) mass is 322 g/mol. The van der Waals surface area contributed by atoms with Crippen molar-refractivity contribution in [2.45, 2.75) is 13.1 Å². The molecule has 0 amide bonds. The Labute approximate surface area is 140 Å². The van der Waals surface area contributed by atoms with Crippen molar-refractivity contribution in [3.63, 3.8) is 0 Å². The van der Waals surface area contributed by atoms with E-state index in [0.29, 0.717) is 30.2 Å². The lowest BCUT2D eigenvalue weighted by molar-refractivity contribution is 0.355. The van der Waals surface area contributed by atoms with Crippen LogP contribution in [0.2, 0.25) is 0 Å². The molecular weight excluding hydrogens is 304 g/mol. The van der Waals surface area contributed by atoms with Gasteiger partial charge in [0.1, 0.15) is 5.82 Å². The lowest BCUT2D eigenvalue weighted by atomic mass is 10.1. The first-order valence-corrected chi connectivity index (χ1v) is 7.50. The van der Waals surface area contributed by atoms with Crippen LogP contribution < -0.4 is 15.2 Å². The molecule has 0 bridgehead atoms. The highest BCUT2D eigenvalue weighted by atomic mass is 16.5. The van der Waals surface area contributed by atoms with Gasteiger partial charge >= 0.3 is 0 Å². The standard InChI is InChI=1S/C18H18N4O2/c1-23-16-7-14-15(8-17(16)24-2)22(18(10-20)21-14)11-13-5-3-12(9-19)4-6-13/h3-8H,10-11,20H2,1-2H3. The molecule has 2 N–H and O–H groups in total. The lowest BCUT2D eigenvalue weighted by Gasteiger charge is -2.11. The van der Waals surface area contributed by atoms with Gasteiger partial charge in [-0.05, 0) is 17.7 Å². The fourth-order valence-corrected chi connectivity index (χ4v) is 2.70. The minimum absolute atomic E-state index is 0.329. The number of hydrogen-bond acceptors (Lipinski definition) is 5. The summed E-state index contributed by atoms with van der Waals surface area (Å²) < 4.78 is 12.8. The van der Waals surface area contributed by atoms with E-state index in [-0.39, 0.29) is 0 Å². The van der Waals surface area contributed by atoms with Crippen LogP contribution in [0.5, 0.6) is 11.5 Å². The lowest BCUT2D eigenvalue weighted by Crippen LogP contribution is -2.09. The fraction of sp³-hybridized carbons (Fsp3) is 0.222. The van der Waals surface area contributed by atoms with E-state index < -0.39 is 0 Å². The normalized spacial score (nSPS) is 10.6. The number of ether oxygens (including phenoxy) is 2. The van der Waals surface area contributed by atoms with Crippen molar-refractivity contribution in [1.82, 2.24) is 9.55 Å². The average molecular weight is 322 g/mol. The van der Waals surface area contributed by atoms with Gasteiger partial charge in [0.25, 0.3) is 0 Å². The topological polar surface area (TPSA) is 86.1 Å². The van der Waals surface area contributed by atoms with E-state index in [4.69, 9.17) is 20.5 Å². The minimum atomic E-state index is 0.329. The molecule has 3 aromatic rings. The molecule has 0 aliphatic rings. The molecule has 1 aromatic heterocycles. The van der Waals surface area contributed by atoms with Crippen LogP contribution in [0.4, 0.5) is 0 Å². The summed E-state index contributed by atoms with van der Waals surface area (Å²) in [7, 11) is 3.20. The SMILES string of the molecule is COc1cc2nc(CN)n(Cc3ccc(C#N)cc3)c2cc1OC. The number of aromatic nitrogens is 2. The zero-order valence-corrected chi connectivity index (χ0v) is 13.6. The summed E-state index contributed by atoms with van der Waals surface area (Å²) in [4.78, 5) is 4.60. The zero-order chi connectivity index (χ0) is 17.1. The Morgan fingerprint density at radius 1 is 1.12 bits per heavy atom. The second kappa shape index (κ2) is 6.60. The van der Waals surface area contributed by atoms with E-state index in [2.05, 4.69) is 15.6 Å². The van der Waals surface area contributed by atoms with Crippen molar-refractivity contribution in [2.75, 3.05) is 14.2 Å². The summed E-state index contributed by atoms with van der Waals surface area (Å²) in [5.74, 6) is 2.07. The summed E-state index contributed by atoms with van der Waals surface area (Å²) >= 11 is 0. The highest BCUT2D eigenvalue weighted by Crippen LogP contribution is 2.32. The number of fused-ring (bicyclic) bond motifs is 1. The Balaban J connectivity index is 2.09. The van der Waals surface area contributed by atoms with Crippen molar-refractivity contribution in [3.05, 3.63) is 53.3 Å². The molecule has 6 nitrogen and oxygen atoms in total. The van der Waals surface area contributed by atoms with Crippen LogP contribution in [0.25, 0.3) is 11.0 Å². The van der Waals surface area contributed by atoms with Crippen molar-refractivity contribution < 1.29 is 9.47 Å². The van der Waals surface area contributed by atoms with Crippen LogP contribution in [-0.4, -0.2) is 23.8 Å². The van der Waals surface area contributed by atoms with Crippen LogP contribution >= 0.6 is 0 Å². The van der Waals surface area contributed by atoms with Gasteiger partial charge in [-0.1, -0.05) is 12.1 Å². The molecule has 122 valence electrons. The highest BCUT2D eigenvalue weighted by molar-refractivity contribution is 5.80.